The van der Waals surface area contributed by atoms with Crippen molar-refractivity contribution in [1.82, 2.24) is 0 Å². The summed E-state index contributed by atoms with van der Waals surface area (Å²) in [6, 6.07) is 47.6. The third-order valence-electron chi connectivity index (χ3n) is 8.97. The van der Waals surface area contributed by atoms with Crippen LogP contribution >= 0.6 is 0 Å². The van der Waals surface area contributed by atoms with Gasteiger partial charge in [-0.3, -0.25) is 4.99 Å². The molecular formula is C45H41N. The van der Waals surface area contributed by atoms with Crippen molar-refractivity contribution < 1.29 is 0 Å². The summed E-state index contributed by atoms with van der Waals surface area (Å²) in [5.41, 5.74) is 13.5. The third-order valence-corrected chi connectivity index (χ3v) is 8.97. The van der Waals surface area contributed by atoms with Crippen LogP contribution in [-0.2, 0) is 5.41 Å². The average molecular weight is 596 g/mol. The smallest absolute Gasteiger partial charge is 0.0711 e. The number of hydrogen-bond acceptors (Lipinski definition) is 1. The summed E-state index contributed by atoms with van der Waals surface area (Å²) in [5.74, 6) is 0. The topological polar surface area (TPSA) is 12.4 Å². The highest BCUT2D eigenvalue weighted by Crippen LogP contribution is 2.35. The first-order valence-corrected chi connectivity index (χ1v) is 16.1. The Morgan fingerprint density at radius 1 is 0.630 bits per heavy atom. The highest BCUT2D eigenvalue weighted by atomic mass is 14.8. The predicted molar refractivity (Wildman–Crippen MR) is 199 cm³/mol. The molecule has 0 heterocycles. The Bertz CT molecular complexity index is 1930. The number of nitrogens with zero attached hydrogens (tertiary/aromatic N) is 1. The largest absolute Gasteiger partial charge is 0.253 e. The van der Waals surface area contributed by atoms with E-state index >= 15 is 0 Å². The summed E-state index contributed by atoms with van der Waals surface area (Å²) in [5, 5.41) is 0. The molecule has 0 saturated carbocycles. The minimum absolute atomic E-state index is 0.169. The molecule has 0 N–H and O–H groups in total. The molecule has 6 rings (SSSR count). The first kappa shape index (κ1) is 30.7. The SMILES string of the molecule is C=C(/C=C(\N=C(C)C1=CCCC=C1)c1ccc(C(C)(C)c2ccc(-c3cccc(-c4ccccc4)c3)cc2)cc1)c1ccccc1. The summed E-state index contributed by atoms with van der Waals surface area (Å²) in [6.45, 7) is 11.1. The van der Waals surface area contributed by atoms with E-state index in [2.05, 4.69) is 167 Å². The van der Waals surface area contributed by atoms with E-state index in [9.17, 15) is 0 Å². The van der Waals surface area contributed by atoms with Crippen LogP contribution in [0.2, 0.25) is 0 Å². The lowest BCUT2D eigenvalue weighted by atomic mass is 9.77. The molecule has 0 saturated heterocycles. The third kappa shape index (κ3) is 7.00. The van der Waals surface area contributed by atoms with Gasteiger partial charge < -0.3 is 0 Å². The second-order valence-electron chi connectivity index (χ2n) is 12.5. The van der Waals surface area contributed by atoms with Gasteiger partial charge >= 0.3 is 0 Å². The Balaban J connectivity index is 1.27. The lowest BCUT2D eigenvalue weighted by Crippen LogP contribution is -2.18. The van der Waals surface area contributed by atoms with E-state index in [0.717, 1.165) is 41.0 Å². The molecule has 0 aliphatic heterocycles. The van der Waals surface area contributed by atoms with E-state index in [4.69, 9.17) is 4.99 Å². The van der Waals surface area contributed by atoms with Gasteiger partial charge in [-0.2, -0.15) is 0 Å². The van der Waals surface area contributed by atoms with Crippen molar-refractivity contribution in [3.8, 4) is 22.3 Å². The van der Waals surface area contributed by atoms with Crippen LogP contribution in [-0.4, -0.2) is 5.71 Å². The Morgan fingerprint density at radius 3 is 1.80 bits per heavy atom. The van der Waals surface area contributed by atoms with Crippen LogP contribution in [0.15, 0.2) is 175 Å². The molecule has 1 nitrogen and oxygen atoms in total. The summed E-state index contributed by atoms with van der Waals surface area (Å²) in [4.78, 5) is 5.15. The minimum atomic E-state index is -0.169. The fraction of sp³-hybridized carbons (Fsp3) is 0.133. The highest BCUT2D eigenvalue weighted by Gasteiger charge is 2.23. The molecule has 5 aromatic rings. The summed E-state index contributed by atoms with van der Waals surface area (Å²) >= 11 is 0. The molecule has 1 heteroatoms. The molecular weight excluding hydrogens is 555 g/mol. The van der Waals surface area contributed by atoms with Crippen molar-refractivity contribution in [2.75, 3.05) is 0 Å². The van der Waals surface area contributed by atoms with Gasteiger partial charge in [-0.05, 0) is 82.0 Å². The van der Waals surface area contributed by atoms with Gasteiger partial charge in [-0.15, -0.1) is 0 Å². The monoisotopic (exact) mass is 595 g/mol. The maximum atomic E-state index is 5.15. The number of allylic oxidation sites excluding steroid dienone is 6. The van der Waals surface area contributed by atoms with Crippen LogP contribution in [0.5, 0.6) is 0 Å². The van der Waals surface area contributed by atoms with Crippen molar-refractivity contribution in [3.05, 3.63) is 192 Å². The molecule has 5 aromatic carbocycles. The molecule has 226 valence electrons. The summed E-state index contributed by atoms with van der Waals surface area (Å²) in [7, 11) is 0. The summed E-state index contributed by atoms with van der Waals surface area (Å²) in [6.07, 6.45) is 10.9. The molecule has 46 heavy (non-hydrogen) atoms. The van der Waals surface area contributed by atoms with Gasteiger partial charge in [0.25, 0.3) is 0 Å². The van der Waals surface area contributed by atoms with E-state index in [1.807, 2.05) is 18.2 Å². The maximum Gasteiger partial charge on any atom is 0.0711 e. The van der Waals surface area contributed by atoms with E-state index in [0.29, 0.717) is 0 Å². The number of hydrogen-bond donors (Lipinski definition) is 0. The molecule has 0 aromatic heterocycles. The quantitative estimate of drug-likeness (QED) is 0.119. The molecule has 0 atom stereocenters. The lowest BCUT2D eigenvalue weighted by Gasteiger charge is -2.26. The Hall–Kier alpha value is -5.27. The second kappa shape index (κ2) is 13.8. The first-order valence-electron chi connectivity index (χ1n) is 16.1. The predicted octanol–water partition coefficient (Wildman–Crippen LogP) is 12.1. The van der Waals surface area contributed by atoms with Crippen LogP contribution in [0.25, 0.3) is 33.5 Å². The van der Waals surface area contributed by atoms with Crippen LogP contribution in [0, 0.1) is 0 Å². The van der Waals surface area contributed by atoms with Crippen molar-refractivity contribution in [3.63, 3.8) is 0 Å². The van der Waals surface area contributed by atoms with Gasteiger partial charge in [-0.25, -0.2) is 0 Å². The van der Waals surface area contributed by atoms with E-state index in [1.54, 1.807) is 0 Å². The zero-order chi connectivity index (χ0) is 31.9. The molecule has 0 spiro atoms. The van der Waals surface area contributed by atoms with E-state index in [1.165, 1.54) is 39.0 Å². The van der Waals surface area contributed by atoms with Gasteiger partial charge in [0.05, 0.1) is 5.70 Å². The molecule has 1 aliphatic carbocycles. The van der Waals surface area contributed by atoms with Crippen LogP contribution in [0.3, 0.4) is 0 Å². The van der Waals surface area contributed by atoms with Gasteiger partial charge in [0, 0.05) is 16.7 Å². The van der Waals surface area contributed by atoms with Crippen molar-refractivity contribution >= 4 is 17.0 Å². The van der Waals surface area contributed by atoms with Gasteiger partial charge in [0.15, 0.2) is 0 Å². The zero-order valence-corrected chi connectivity index (χ0v) is 27.1. The van der Waals surface area contributed by atoms with Gasteiger partial charge in [-0.1, -0.05) is 166 Å². The fourth-order valence-corrected chi connectivity index (χ4v) is 6.02. The maximum absolute atomic E-state index is 5.15. The van der Waals surface area contributed by atoms with Gasteiger partial charge in [0.2, 0.25) is 0 Å². The molecule has 1 aliphatic rings. The average Bonchev–Trinajstić information content (AvgIpc) is 3.12. The van der Waals surface area contributed by atoms with Crippen LogP contribution in [0.1, 0.15) is 55.9 Å². The van der Waals surface area contributed by atoms with E-state index in [-0.39, 0.29) is 5.41 Å². The van der Waals surface area contributed by atoms with Crippen molar-refractivity contribution in [1.29, 1.82) is 0 Å². The second-order valence-corrected chi connectivity index (χ2v) is 12.5. The standard InChI is InChI=1S/C45H41N/c1-33(35-15-8-5-9-16-35)31-44(46-34(2)36-17-10-6-11-18-36)39-25-29-43(30-26-39)45(3,4)42-27-23-38(24-28-42)41-22-14-21-40(32-41)37-19-12-7-13-20-37/h5,7-10,12-32H,1,6,11H2,2-4H3/b44-31-,46-34?. The number of rotatable bonds is 9. The highest BCUT2D eigenvalue weighted by molar-refractivity contribution is 6.04. The Morgan fingerprint density at radius 2 is 1.20 bits per heavy atom. The number of benzene rings is 5. The Kier molecular flexibility index (Phi) is 9.22. The molecule has 0 amide bonds. The molecule has 0 bridgehead atoms. The molecule has 0 unspecified atom stereocenters. The molecule has 0 fully saturated rings. The summed E-state index contributed by atoms with van der Waals surface area (Å²) < 4.78 is 0. The van der Waals surface area contributed by atoms with Crippen LogP contribution in [0.4, 0.5) is 0 Å². The van der Waals surface area contributed by atoms with Gasteiger partial charge in [0.1, 0.15) is 0 Å². The van der Waals surface area contributed by atoms with Crippen molar-refractivity contribution in [2.24, 2.45) is 4.99 Å². The normalized spacial score (nSPS) is 13.8. The Labute approximate surface area is 274 Å². The fourth-order valence-electron chi connectivity index (χ4n) is 6.02. The first-order chi connectivity index (χ1) is 22.4. The van der Waals surface area contributed by atoms with Crippen molar-refractivity contribution in [2.45, 2.75) is 39.0 Å². The zero-order valence-electron chi connectivity index (χ0n) is 27.1. The number of aliphatic imine (C=N–C) groups is 1. The van der Waals surface area contributed by atoms with E-state index < -0.39 is 0 Å². The van der Waals surface area contributed by atoms with Crippen LogP contribution < -0.4 is 0 Å². The lowest BCUT2D eigenvalue weighted by molar-refractivity contribution is 0.641. The molecule has 0 radical (unpaired) electrons. The minimum Gasteiger partial charge on any atom is -0.253 e.